The lowest BCUT2D eigenvalue weighted by Gasteiger charge is -2.33. The largest absolute Gasteiger partial charge is 0.489 e. The molecule has 4 aromatic rings. The number of ether oxygens (including phenoxy) is 1. The van der Waals surface area contributed by atoms with Crippen LogP contribution < -0.4 is 10.1 Å². The first kappa shape index (κ1) is 28.5. The third kappa shape index (κ3) is 6.80. The van der Waals surface area contributed by atoms with Crippen LogP contribution in [-0.4, -0.2) is 12.1 Å². The summed E-state index contributed by atoms with van der Waals surface area (Å²) in [6.45, 7) is 7.61. The summed E-state index contributed by atoms with van der Waals surface area (Å²) in [4.78, 5) is 19.5. The molecule has 1 N–H and O–H groups in total. The van der Waals surface area contributed by atoms with Crippen molar-refractivity contribution in [3.05, 3.63) is 104 Å². The van der Waals surface area contributed by atoms with Crippen LogP contribution in [0.15, 0.2) is 70.3 Å². The highest BCUT2D eigenvalue weighted by Gasteiger charge is 2.33. The second kappa shape index (κ2) is 12.2. The van der Waals surface area contributed by atoms with Gasteiger partial charge in [0.2, 0.25) is 0 Å². The second-order valence-electron chi connectivity index (χ2n) is 11.1. The van der Waals surface area contributed by atoms with Gasteiger partial charge >= 0.3 is 0 Å². The van der Waals surface area contributed by atoms with Crippen molar-refractivity contribution in [1.29, 1.82) is 0 Å². The second-order valence-corrected chi connectivity index (χ2v) is 13.0. The molecule has 0 bridgehead atoms. The molecule has 0 saturated heterocycles. The Balaban J connectivity index is 1.32. The fourth-order valence-electron chi connectivity index (χ4n) is 4.88. The zero-order valence-corrected chi connectivity index (χ0v) is 25.1. The summed E-state index contributed by atoms with van der Waals surface area (Å²) in [6, 6.07) is 16.8. The molecule has 0 fully saturated rings. The quantitative estimate of drug-likeness (QED) is 0.207. The molecule has 0 aliphatic heterocycles. The molecule has 1 aliphatic rings. The van der Waals surface area contributed by atoms with E-state index in [4.69, 9.17) is 37.3 Å². The van der Waals surface area contributed by atoms with Crippen LogP contribution in [0.1, 0.15) is 64.9 Å². The van der Waals surface area contributed by atoms with Gasteiger partial charge in [-0.2, -0.15) is 0 Å². The highest BCUT2D eigenvalue weighted by Crippen LogP contribution is 2.45. The fourth-order valence-corrected chi connectivity index (χ4v) is 6.47. The van der Waals surface area contributed by atoms with Gasteiger partial charge in [-0.05, 0) is 95.8 Å². The SMILES string of the molecule is CC(C)(C)[C@@H]1CCc2c(sc(N=Cc3ccc(OCc4ccc(Cl)c(Cl)c4)cc3)c2C(=O)NCc2ccco2)C1. The van der Waals surface area contributed by atoms with E-state index in [1.165, 1.54) is 4.88 Å². The van der Waals surface area contributed by atoms with Gasteiger partial charge in [0.05, 0.1) is 28.4 Å². The van der Waals surface area contributed by atoms with Crippen molar-refractivity contribution in [3.63, 3.8) is 0 Å². The number of benzene rings is 2. The number of halogens is 2. The van der Waals surface area contributed by atoms with Gasteiger partial charge in [0.1, 0.15) is 23.1 Å². The number of furan rings is 1. The lowest BCUT2D eigenvalue weighted by atomic mass is 9.72. The van der Waals surface area contributed by atoms with E-state index in [0.717, 1.165) is 52.5 Å². The van der Waals surface area contributed by atoms with E-state index in [1.54, 1.807) is 29.7 Å². The predicted octanol–water partition coefficient (Wildman–Crippen LogP) is 9.06. The number of carbonyl (C=O) groups excluding carboxylic acids is 1. The number of fused-ring (bicyclic) bond motifs is 1. The minimum absolute atomic E-state index is 0.110. The first-order valence-electron chi connectivity index (χ1n) is 13.3. The lowest BCUT2D eigenvalue weighted by molar-refractivity contribution is 0.0947. The van der Waals surface area contributed by atoms with Crippen molar-refractivity contribution < 1.29 is 13.9 Å². The number of aliphatic imine (C=N–C) groups is 1. The van der Waals surface area contributed by atoms with Gasteiger partial charge in [0, 0.05) is 11.1 Å². The molecule has 0 unspecified atom stereocenters. The third-order valence-electron chi connectivity index (χ3n) is 7.30. The summed E-state index contributed by atoms with van der Waals surface area (Å²) in [6.07, 6.45) is 6.35. The monoisotopic (exact) mass is 594 g/mol. The van der Waals surface area contributed by atoms with Gasteiger partial charge in [-0.15, -0.1) is 11.3 Å². The van der Waals surface area contributed by atoms with Crippen LogP contribution in [0.3, 0.4) is 0 Å². The van der Waals surface area contributed by atoms with Crippen LogP contribution in [0, 0.1) is 11.3 Å². The zero-order chi connectivity index (χ0) is 28.3. The summed E-state index contributed by atoms with van der Waals surface area (Å²) < 4.78 is 11.3. The van der Waals surface area contributed by atoms with Crippen LogP contribution >= 0.6 is 34.5 Å². The Kier molecular flexibility index (Phi) is 8.69. The topological polar surface area (TPSA) is 63.8 Å². The van der Waals surface area contributed by atoms with Gasteiger partial charge in [0.25, 0.3) is 5.91 Å². The standard InChI is InChI=1S/C32H32Cl2N2O3S/c1-32(2,3)22-9-12-25-28(16-22)40-31(29(25)30(37)35-18-24-5-4-14-38-24)36-17-20-6-10-23(11-7-20)39-19-21-8-13-26(33)27(34)15-21/h4-8,10-11,13-15,17,22H,9,12,16,18-19H2,1-3H3,(H,35,37)/t22-/m1/s1. The van der Waals surface area contributed by atoms with E-state index < -0.39 is 0 Å². The molecule has 40 heavy (non-hydrogen) atoms. The number of amides is 1. The Morgan fingerprint density at radius 3 is 2.65 bits per heavy atom. The Hall–Kier alpha value is -3.06. The Labute approximate surface area is 249 Å². The normalized spacial score (nSPS) is 15.3. The molecule has 5 nitrogen and oxygen atoms in total. The summed E-state index contributed by atoms with van der Waals surface area (Å²) in [5.74, 6) is 1.92. The first-order chi connectivity index (χ1) is 19.2. The highest BCUT2D eigenvalue weighted by molar-refractivity contribution is 7.16. The van der Waals surface area contributed by atoms with E-state index in [9.17, 15) is 4.79 Å². The Bertz CT molecular complexity index is 1500. The van der Waals surface area contributed by atoms with Crippen LogP contribution in [0.25, 0.3) is 0 Å². The Morgan fingerprint density at radius 2 is 1.95 bits per heavy atom. The predicted molar refractivity (Wildman–Crippen MR) is 164 cm³/mol. The van der Waals surface area contributed by atoms with Crippen LogP contribution in [-0.2, 0) is 26.0 Å². The minimum Gasteiger partial charge on any atom is -0.489 e. The summed E-state index contributed by atoms with van der Waals surface area (Å²) in [7, 11) is 0. The molecule has 1 aliphatic carbocycles. The molecule has 208 valence electrons. The Morgan fingerprint density at radius 1 is 1.15 bits per heavy atom. The van der Waals surface area contributed by atoms with Gasteiger partial charge in [-0.3, -0.25) is 4.79 Å². The number of thiophene rings is 1. The summed E-state index contributed by atoms with van der Waals surface area (Å²) >= 11 is 13.7. The first-order valence-corrected chi connectivity index (χ1v) is 14.9. The molecule has 2 heterocycles. The average Bonchev–Trinajstić information content (AvgIpc) is 3.58. The molecule has 8 heteroatoms. The average molecular weight is 596 g/mol. The molecule has 2 aromatic heterocycles. The van der Waals surface area contributed by atoms with Crippen LogP contribution in [0.4, 0.5) is 5.00 Å². The summed E-state index contributed by atoms with van der Waals surface area (Å²) in [5, 5.41) is 4.80. The van der Waals surface area contributed by atoms with Crippen molar-refractivity contribution in [2.75, 3.05) is 0 Å². The fraction of sp³-hybridized carbons (Fsp3) is 0.312. The van der Waals surface area contributed by atoms with Crippen molar-refractivity contribution in [1.82, 2.24) is 5.32 Å². The smallest absolute Gasteiger partial charge is 0.255 e. The maximum absolute atomic E-state index is 13.4. The molecule has 1 atom stereocenters. The molecular formula is C32H32Cl2N2O3S. The van der Waals surface area contributed by atoms with E-state index in [1.807, 2.05) is 48.7 Å². The van der Waals surface area contributed by atoms with Crippen molar-refractivity contribution in [2.45, 2.75) is 53.2 Å². The van der Waals surface area contributed by atoms with Crippen LogP contribution in [0.5, 0.6) is 5.75 Å². The maximum Gasteiger partial charge on any atom is 0.255 e. The zero-order valence-electron chi connectivity index (χ0n) is 22.8. The number of nitrogens with one attached hydrogen (secondary N) is 1. The number of rotatable bonds is 8. The minimum atomic E-state index is -0.110. The molecule has 0 spiro atoms. The number of hydrogen-bond acceptors (Lipinski definition) is 5. The maximum atomic E-state index is 13.4. The number of hydrogen-bond donors (Lipinski definition) is 1. The van der Waals surface area contributed by atoms with E-state index in [-0.39, 0.29) is 11.3 Å². The summed E-state index contributed by atoms with van der Waals surface area (Å²) in [5.41, 5.74) is 3.91. The van der Waals surface area contributed by atoms with Gasteiger partial charge in [-0.1, -0.05) is 50.0 Å². The van der Waals surface area contributed by atoms with E-state index >= 15 is 0 Å². The molecule has 1 amide bonds. The molecule has 0 saturated carbocycles. The molecule has 5 rings (SSSR count). The van der Waals surface area contributed by atoms with Gasteiger partial charge in [-0.25, -0.2) is 4.99 Å². The number of carbonyl (C=O) groups is 1. The van der Waals surface area contributed by atoms with E-state index in [0.29, 0.717) is 34.7 Å². The van der Waals surface area contributed by atoms with Crippen molar-refractivity contribution in [2.24, 2.45) is 16.3 Å². The van der Waals surface area contributed by atoms with Gasteiger partial charge in [0.15, 0.2) is 0 Å². The van der Waals surface area contributed by atoms with Crippen molar-refractivity contribution in [3.8, 4) is 5.75 Å². The molecular weight excluding hydrogens is 563 g/mol. The van der Waals surface area contributed by atoms with Crippen LogP contribution in [0.2, 0.25) is 10.0 Å². The van der Waals surface area contributed by atoms with Gasteiger partial charge < -0.3 is 14.5 Å². The third-order valence-corrected chi connectivity index (χ3v) is 9.20. The molecule has 0 radical (unpaired) electrons. The lowest BCUT2D eigenvalue weighted by Crippen LogP contribution is -2.28. The molecule has 2 aromatic carbocycles. The number of nitrogens with zero attached hydrogens (tertiary/aromatic N) is 1. The highest BCUT2D eigenvalue weighted by atomic mass is 35.5. The van der Waals surface area contributed by atoms with E-state index in [2.05, 4.69) is 26.1 Å². The van der Waals surface area contributed by atoms with Crippen molar-refractivity contribution >= 4 is 51.7 Å².